The van der Waals surface area contributed by atoms with Gasteiger partial charge in [0.1, 0.15) is 0 Å². The second kappa shape index (κ2) is 14.1. The summed E-state index contributed by atoms with van der Waals surface area (Å²) in [5.74, 6) is 10.0. The Morgan fingerprint density at radius 2 is 1.45 bits per heavy atom. The van der Waals surface area contributed by atoms with E-state index in [0.717, 1.165) is 32.7 Å². The van der Waals surface area contributed by atoms with E-state index in [-0.39, 0.29) is 0 Å². The summed E-state index contributed by atoms with van der Waals surface area (Å²) in [5.41, 5.74) is 0. The fourth-order valence-electron chi connectivity index (χ4n) is 1.86. The molecule has 0 aliphatic heterocycles. The summed E-state index contributed by atoms with van der Waals surface area (Å²) in [6.45, 7) is 8.40. The van der Waals surface area contributed by atoms with Gasteiger partial charge in [-0.1, -0.05) is 30.2 Å². The molecule has 0 aromatic heterocycles. The van der Waals surface area contributed by atoms with Crippen molar-refractivity contribution in [1.82, 2.24) is 9.80 Å². The highest BCUT2D eigenvalue weighted by Crippen LogP contribution is 1.99. The van der Waals surface area contributed by atoms with Gasteiger partial charge in [-0.25, -0.2) is 0 Å². The summed E-state index contributed by atoms with van der Waals surface area (Å²) in [6, 6.07) is 0. The van der Waals surface area contributed by atoms with Crippen molar-refractivity contribution in [2.75, 3.05) is 52.9 Å². The van der Waals surface area contributed by atoms with Gasteiger partial charge in [-0.2, -0.15) is 10.2 Å². The molecule has 0 unspecified atom stereocenters. The monoisotopic (exact) mass is 286 g/mol. The smallest absolute Gasteiger partial charge is 0.0747 e. The molecule has 0 aromatic carbocycles. The van der Waals surface area contributed by atoms with Crippen molar-refractivity contribution in [3.8, 4) is 0 Å². The highest BCUT2D eigenvalue weighted by molar-refractivity contribution is 4.63. The zero-order valence-corrected chi connectivity index (χ0v) is 12.9. The Kier molecular flexibility index (Phi) is 13.2. The molecule has 118 valence electrons. The van der Waals surface area contributed by atoms with E-state index in [4.69, 9.17) is 11.7 Å². The molecule has 0 aliphatic carbocycles. The largest absolute Gasteiger partial charge is 0.305 e. The first-order valence-corrected chi connectivity index (χ1v) is 7.28. The van der Waals surface area contributed by atoms with Crippen molar-refractivity contribution in [1.29, 1.82) is 0 Å². The Labute approximate surface area is 122 Å². The lowest BCUT2D eigenvalue weighted by molar-refractivity contribution is 0.227. The van der Waals surface area contributed by atoms with E-state index in [1.165, 1.54) is 19.3 Å². The highest BCUT2D eigenvalue weighted by atomic mass is 15.3. The number of hydrogen-bond donors (Lipinski definition) is 2. The lowest BCUT2D eigenvalue weighted by Crippen LogP contribution is -2.36. The zero-order chi connectivity index (χ0) is 15.1. The average molecular weight is 286 g/mol. The van der Waals surface area contributed by atoms with Crippen LogP contribution in [0.2, 0.25) is 0 Å². The average Bonchev–Trinajstić information content (AvgIpc) is 2.45. The molecule has 4 N–H and O–H groups in total. The lowest BCUT2D eigenvalue weighted by Gasteiger charge is -2.24. The molecule has 0 aliphatic rings. The first-order valence-electron chi connectivity index (χ1n) is 7.28. The molecular formula is C12H30N8. The SMILES string of the molecule is CCCCCN(CCN=NN)CCN(C)CCN=NN. The number of nitrogens with zero attached hydrogens (tertiary/aromatic N) is 6. The topological polar surface area (TPSA) is 108 Å². The first kappa shape index (κ1) is 18.7. The Morgan fingerprint density at radius 1 is 0.800 bits per heavy atom. The van der Waals surface area contributed by atoms with Crippen molar-refractivity contribution in [3.63, 3.8) is 0 Å². The molecule has 0 aromatic rings. The van der Waals surface area contributed by atoms with Gasteiger partial charge in [-0.3, -0.25) is 0 Å². The minimum Gasteiger partial charge on any atom is -0.305 e. The van der Waals surface area contributed by atoms with Crippen molar-refractivity contribution < 1.29 is 0 Å². The van der Waals surface area contributed by atoms with Crippen molar-refractivity contribution >= 4 is 0 Å². The maximum absolute atomic E-state index is 5.03. The van der Waals surface area contributed by atoms with E-state index in [9.17, 15) is 0 Å². The third-order valence-electron chi connectivity index (χ3n) is 3.14. The van der Waals surface area contributed by atoms with Crippen LogP contribution in [0.4, 0.5) is 0 Å². The number of nitrogens with two attached hydrogens (primary N) is 2. The molecule has 0 fully saturated rings. The Morgan fingerprint density at radius 3 is 2.05 bits per heavy atom. The Bertz CT molecular complexity index is 256. The lowest BCUT2D eigenvalue weighted by atomic mass is 10.2. The van der Waals surface area contributed by atoms with Gasteiger partial charge in [0, 0.05) is 26.2 Å². The molecule has 0 heterocycles. The van der Waals surface area contributed by atoms with Gasteiger partial charge in [0.25, 0.3) is 0 Å². The Hall–Kier alpha value is -1.28. The van der Waals surface area contributed by atoms with Crippen LogP contribution in [0.25, 0.3) is 0 Å². The maximum atomic E-state index is 5.03. The van der Waals surface area contributed by atoms with Gasteiger partial charge in [0.15, 0.2) is 0 Å². The van der Waals surface area contributed by atoms with Gasteiger partial charge in [-0.05, 0) is 20.0 Å². The van der Waals surface area contributed by atoms with Crippen molar-refractivity contribution in [2.24, 2.45) is 32.4 Å². The van der Waals surface area contributed by atoms with Gasteiger partial charge < -0.3 is 21.5 Å². The fourth-order valence-corrected chi connectivity index (χ4v) is 1.86. The molecule has 8 nitrogen and oxygen atoms in total. The van der Waals surface area contributed by atoms with E-state index in [2.05, 4.69) is 44.4 Å². The summed E-state index contributed by atoms with van der Waals surface area (Å²) < 4.78 is 0. The third kappa shape index (κ3) is 11.8. The summed E-state index contributed by atoms with van der Waals surface area (Å²) in [7, 11) is 2.08. The molecule has 0 saturated carbocycles. The molecule has 20 heavy (non-hydrogen) atoms. The molecule has 0 rings (SSSR count). The van der Waals surface area contributed by atoms with Crippen LogP contribution in [0.15, 0.2) is 20.7 Å². The van der Waals surface area contributed by atoms with E-state index in [1.54, 1.807) is 0 Å². The number of unbranched alkanes of at least 4 members (excludes halogenated alkanes) is 2. The van der Waals surface area contributed by atoms with E-state index in [0.29, 0.717) is 13.1 Å². The summed E-state index contributed by atoms with van der Waals surface area (Å²) in [6.07, 6.45) is 3.73. The molecule has 0 atom stereocenters. The highest BCUT2D eigenvalue weighted by Gasteiger charge is 2.06. The van der Waals surface area contributed by atoms with Crippen LogP contribution in [-0.2, 0) is 0 Å². The first-order chi connectivity index (χ1) is 9.74. The van der Waals surface area contributed by atoms with E-state index in [1.807, 2.05) is 0 Å². The quantitative estimate of drug-likeness (QED) is 0.228. The van der Waals surface area contributed by atoms with E-state index >= 15 is 0 Å². The summed E-state index contributed by atoms with van der Waals surface area (Å²) in [5, 5.41) is 14.2. The van der Waals surface area contributed by atoms with Crippen LogP contribution in [0.5, 0.6) is 0 Å². The van der Waals surface area contributed by atoms with Gasteiger partial charge in [-0.15, -0.1) is 0 Å². The maximum Gasteiger partial charge on any atom is 0.0747 e. The predicted molar refractivity (Wildman–Crippen MR) is 81.3 cm³/mol. The molecule has 0 bridgehead atoms. The number of likely N-dealkylation sites (N-methyl/N-ethyl adjacent to an activating group) is 1. The van der Waals surface area contributed by atoms with Crippen LogP contribution < -0.4 is 11.7 Å². The molecule has 0 spiro atoms. The molecule has 0 amide bonds. The molecule has 0 radical (unpaired) electrons. The van der Waals surface area contributed by atoms with Crippen molar-refractivity contribution in [3.05, 3.63) is 0 Å². The second-order valence-electron chi connectivity index (χ2n) is 4.81. The van der Waals surface area contributed by atoms with E-state index < -0.39 is 0 Å². The normalized spacial score (nSPS) is 12.4. The standard InChI is InChI=1S/C12H30N8/c1-3-4-5-8-20(10-7-16-18-14)12-11-19(2)9-6-15-17-13/h3-12H2,1-2H3,(H2,13,15)(H2,14,16). The van der Waals surface area contributed by atoms with Gasteiger partial charge in [0.2, 0.25) is 0 Å². The minimum atomic E-state index is 0.643. The molecular weight excluding hydrogens is 256 g/mol. The summed E-state index contributed by atoms with van der Waals surface area (Å²) in [4.78, 5) is 4.64. The zero-order valence-electron chi connectivity index (χ0n) is 12.9. The molecule has 8 heteroatoms. The van der Waals surface area contributed by atoms with Gasteiger partial charge in [0.05, 0.1) is 13.1 Å². The fraction of sp³-hybridized carbons (Fsp3) is 1.00. The van der Waals surface area contributed by atoms with Crippen molar-refractivity contribution in [2.45, 2.75) is 26.2 Å². The van der Waals surface area contributed by atoms with Crippen LogP contribution >= 0.6 is 0 Å². The third-order valence-corrected chi connectivity index (χ3v) is 3.14. The van der Waals surface area contributed by atoms with Crippen LogP contribution in [-0.4, -0.2) is 62.7 Å². The number of hydrogen-bond acceptors (Lipinski definition) is 6. The predicted octanol–water partition coefficient (Wildman–Crippen LogP) is 1.06. The van der Waals surface area contributed by atoms with Crippen LogP contribution in [0, 0.1) is 0 Å². The molecule has 0 saturated heterocycles. The number of rotatable bonds is 13. The second-order valence-corrected chi connectivity index (χ2v) is 4.81. The van der Waals surface area contributed by atoms with Crippen LogP contribution in [0.1, 0.15) is 26.2 Å². The Balaban J connectivity index is 3.92. The summed E-state index contributed by atoms with van der Waals surface area (Å²) >= 11 is 0. The van der Waals surface area contributed by atoms with Gasteiger partial charge >= 0.3 is 0 Å². The minimum absolute atomic E-state index is 0.643. The van der Waals surface area contributed by atoms with Crippen LogP contribution in [0.3, 0.4) is 0 Å².